The number of anilines is 2. The summed E-state index contributed by atoms with van der Waals surface area (Å²) in [5.74, 6) is 1.47. The molecular weight excluding hydrogens is 345 g/mol. The maximum atomic E-state index is 14.7. The van der Waals surface area contributed by atoms with Crippen LogP contribution in [0.3, 0.4) is 0 Å². The molecule has 2 fully saturated rings. The lowest BCUT2D eigenvalue weighted by molar-refractivity contribution is 0.403. The summed E-state index contributed by atoms with van der Waals surface area (Å²) in [4.78, 5) is 20.9. The van der Waals surface area contributed by atoms with Crippen molar-refractivity contribution in [3.8, 4) is 6.07 Å². The van der Waals surface area contributed by atoms with Gasteiger partial charge in [0.05, 0.1) is 5.69 Å². The van der Waals surface area contributed by atoms with Crippen molar-refractivity contribution in [3.05, 3.63) is 35.8 Å². The standard InChI is InChI=1S/C19H22FN7/c1-26(18-16(20)17(14-2-3-14)23-12-24-18)11-13-5-8-27(9-6-13)19-22-7-4-15(10-21)25-19/h4,7,12-14H,2-3,5-6,8-9,11H2,1H3. The van der Waals surface area contributed by atoms with E-state index >= 15 is 0 Å². The smallest absolute Gasteiger partial charge is 0.226 e. The summed E-state index contributed by atoms with van der Waals surface area (Å²) in [5.41, 5.74) is 0.948. The quantitative estimate of drug-likeness (QED) is 0.803. The number of hydrogen-bond acceptors (Lipinski definition) is 7. The Morgan fingerprint density at radius 2 is 2.00 bits per heavy atom. The van der Waals surface area contributed by atoms with Crippen LogP contribution in [0.1, 0.15) is 43.0 Å². The fraction of sp³-hybridized carbons (Fsp3) is 0.526. The number of hydrogen-bond donors (Lipinski definition) is 0. The van der Waals surface area contributed by atoms with Crippen molar-refractivity contribution >= 4 is 11.8 Å². The van der Waals surface area contributed by atoms with Crippen LogP contribution < -0.4 is 9.80 Å². The lowest BCUT2D eigenvalue weighted by Crippen LogP contribution is -2.39. The fourth-order valence-electron chi connectivity index (χ4n) is 3.63. The Hall–Kier alpha value is -2.82. The molecule has 0 spiro atoms. The van der Waals surface area contributed by atoms with Gasteiger partial charge in [-0.15, -0.1) is 0 Å². The Kier molecular flexibility index (Phi) is 4.84. The number of rotatable bonds is 5. The molecule has 0 N–H and O–H groups in total. The average Bonchev–Trinajstić information content (AvgIpc) is 3.54. The summed E-state index contributed by atoms with van der Waals surface area (Å²) in [6, 6.07) is 3.66. The van der Waals surface area contributed by atoms with E-state index in [1.165, 1.54) is 6.33 Å². The summed E-state index contributed by atoms with van der Waals surface area (Å²) in [7, 11) is 1.90. The molecule has 0 unspecified atom stereocenters. The lowest BCUT2D eigenvalue weighted by atomic mass is 9.96. The normalized spacial score (nSPS) is 17.6. The molecule has 8 heteroatoms. The molecule has 27 heavy (non-hydrogen) atoms. The molecule has 1 aliphatic carbocycles. The third-order valence-corrected chi connectivity index (χ3v) is 5.31. The van der Waals surface area contributed by atoms with Gasteiger partial charge < -0.3 is 9.80 Å². The van der Waals surface area contributed by atoms with Crippen LogP contribution in [0, 0.1) is 23.1 Å². The van der Waals surface area contributed by atoms with Crippen LogP contribution in [0.5, 0.6) is 0 Å². The second-order valence-corrected chi connectivity index (χ2v) is 7.34. The number of nitrogens with zero attached hydrogens (tertiary/aromatic N) is 7. The Morgan fingerprint density at radius 3 is 2.70 bits per heavy atom. The van der Waals surface area contributed by atoms with Gasteiger partial charge in [-0.1, -0.05) is 0 Å². The van der Waals surface area contributed by atoms with Crippen molar-refractivity contribution in [2.45, 2.75) is 31.6 Å². The predicted octanol–water partition coefficient (Wildman–Crippen LogP) is 2.51. The molecule has 0 amide bonds. The molecule has 0 bridgehead atoms. The first-order valence-electron chi connectivity index (χ1n) is 9.35. The minimum absolute atomic E-state index is 0.262. The Morgan fingerprint density at radius 1 is 1.22 bits per heavy atom. The van der Waals surface area contributed by atoms with Gasteiger partial charge in [0.2, 0.25) is 5.95 Å². The Bertz CT molecular complexity index is 853. The van der Waals surface area contributed by atoms with Crippen LogP contribution in [-0.4, -0.2) is 46.6 Å². The highest BCUT2D eigenvalue weighted by Gasteiger charge is 2.31. The van der Waals surface area contributed by atoms with Gasteiger partial charge in [-0.25, -0.2) is 24.3 Å². The van der Waals surface area contributed by atoms with Gasteiger partial charge in [0.25, 0.3) is 0 Å². The first-order valence-corrected chi connectivity index (χ1v) is 9.35. The van der Waals surface area contributed by atoms with Gasteiger partial charge in [0.15, 0.2) is 11.6 Å². The highest BCUT2D eigenvalue weighted by atomic mass is 19.1. The van der Waals surface area contributed by atoms with Crippen LogP contribution in [0.15, 0.2) is 18.6 Å². The zero-order chi connectivity index (χ0) is 18.8. The van der Waals surface area contributed by atoms with Crippen molar-refractivity contribution in [3.63, 3.8) is 0 Å². The minimum atomic E-state index is -0.262. The number of nitriles is 1. The molecule has 1 saturated heterocycles. The Labute approximate surface area is 157 Å². The first kappa shape index (κ1) is 17.6. The van der Waals surface area contributed by atoms with E-state index < -0.39 is 0 Å². The molecule has 2 aliphatic rings. The van der Waals surface area contributed by atoms with Crippen molar-refractivity contribution in [1.29, 1.82) is 5.26 Å². The maximum absolute atomic E-state index is 14.7. The molecule has 2 aromatic rings. The minimum Gasteiger partial charge on any atom is -0.357 e. The van der Waals surface area contributed by atoms with Gasteiger partial charge in [-0.2, -0.15) is 5.26 Å². The van der Waals surface area contributed by atoms with Crippen molar-refractivity contribution in [2.75, 3.05) is 36.5 Å². The van der Waals surface area contributed by atoms with Crippen molar-refractivity contribution in [1.82, 2.24) is 19.9 Å². The molecule has 0 aromatic carbocycles. The second kappa shape index (κ2) is 7.43. The summed E-state index contributed by atoms with van der Waals surface area (Å²) < 4.78 is 14.7. The molecule has 1 saturated carbocycles. The van der Waals surface area contributed by atoms with Gasteiger partial charge >= 0.3 is 0 Å². The SMILES string of the molecule is CN(CC1CCN(c2nccc(C#N)n2)CC1)c1ncnc(C2CC2)c1F. The van der Waals surface area contributed by atoms with Crippen LogP contribution in [0.25, 0.3) is 0 Å². The van der Waals surface area contributed by atoms with E-state index in [4.69, 9.17) is 5.26 Å². The van der Waals surface area contributed by atoms with Gasteiger partial charge in [0.1, 0.15) is 18.1 Å². The molecular formula is C19H22FN7. The second-order valence-electron chi connectivity index (χ2n) is 7.34. The monoisotopic (exact) mass is 367 g/mol. The molecule has 3 heterocycles. The van der Waals surface area contributed by atoms with E-state index in [1.54, 1.807) is 12.3 Å². The zero-order valence-electron chi connectivity index (χ0n) is 15.3. The van der Waals surface area contributed by atoms with Gasteiger partial charge in [0, 0.05) is 38.8 Å². The highest BCUT2D eigenvalue weighted by Crippen LogP contribution is 2.41. The first-order chi connectivity index (χ1) is 13.2. The molecule has 4 rings (SSSR count). The van der Waals surface area contributed by atoms with Gasteiger partial charge in [-0.05, 0) is 37.7 Å². The van der Waals surface area contributed by atoms with E-state index in [1.807, 2.05) is 18.0 Å². The topological polar surface area (TPSA) is 81.8 Å². The maximum Gasteiger partial charge on any atom is 0.226 e. The van der Waals surface area contributed by atoms with Crippen LogP contribution in [0.2, 0.25) is 0 Å². The molecule has 7 nitrogen and oxygen atoms in total. The Balaban J connectivity index is 1.36. The van der Waals surface area contributed by atoms with Crippen LogP contribution >= 0.6 is 0 Å². The average molecular weight is 367 g/mol. The summed E-state index contributed by atoms with van der Waals surface area (Å²) in [6.45, 7) is 2.41. The van der Waals surface area contributed by atoms with E-state index in [0.717, 1.165) is 45.3 Å². The van der Waals surface area contributed by atoms with Gasteiger partial charge in [-0.3, -0.25) is 0 Å². The van der Waals surface area contributed by atoms with Crippen LogP contribution in [0.4, 0.5) is 16.2 Å². The van der Waals surface area contributed by atoms with E-state index in [9.17, 15) is 4.39 Å². The van der Waals surface area contributed by atoms with E-state index in [-0.39, 0.29) is 11.7 Å². The van der Waals surface area contributed by atoms with E-state index in [2.05, 4.69) is 24.8 Å². The summed E-state index contributed by atoms with van der Waals surface area (Å²) >= 11 is 0. The number of aromatic nitrogens is 4. The molecule has 2 aromatic heterocycles. The fourth-order valence-corrected chi connectivity index (χ4v) is 3.63. The largest absolute Gasteiger partial charge is 0.357 e. The molecule has 1 aliphatic heterocycles. The lowest BCUT2D eigenvalue weighted by Gasteiger charge is -2.34. The number of halogens is 1. The molecule has 0 atom stereocenters. The highest BCUT2D eigenvalue weighted by molar-refractivity contribution is 5.42. The van der Waals surface area contributed by atoms with Crippen molar-refractivity contribution < 1.29 is 4.39 Å². The number of piperidine rings is 1. The van der Waals surface area contributed by atoms with E-state index in [0.29, 0.717) is 29.1 Å². The zero-order valence-corrected chi connectivity index (χ0v) is 15.3. The molecule has 0 radical (unpaired) electrons. The molecule has 140 valence electrons. The summed E-state index contributed by atoms with van der Waals surface area (Å²) in [5, 5.41) is 8.98. The van der Waals surface area contributed by atoms with Crippen LogP contribution in [-0.2, 0) is 0 Å². The third-order valence-electron chi connectivity index (χ3n) is 5.31. The summed E-state index contributed by atoms with van der Waals surface area (Å²) in [6.07, 6.45) is 7.06. The van der Waals surface area contributed by atoms with Crippen molar-refractivity contribution in [2.24, 2.45) is 5.92 Å². The predicted molar refractivity (Wildman–Crippen MR) is 98.9 cm³/mol. The third kappa shape index (κ3) is 3.82.